The third kappa shape index (κ3) is 3.26. The predicted molar refractivity (Wildman–Crippen MR) is 97.7 cm³/mol. The van der Waals surface area contributed by atoms with Crippen molar-refractivity contribution < 1.29 is 0 Å². The number of thiophene rings is 1. The molecule has 7 heteroatoms. The zero-order chi connectivity index (χ0) is 17.1. The second-order valence-corrected chi connectivity index (χ2v) is 6.47. The molecule has 0 fully saturated rings. The number of nitrogen functional groups attached to an aromatic ring is 1. The number of benzene rings is 1. The number of H-pyrrole nitrogens is 1. The van der Waals surface area contributed by atoms with Gasteiger partial charge in [-0.05, 0) is 29.5 Å². The Labute approximate surface area is 142 Å². The summed E-state index contributed by atoms with van der Waals surface area (Å²) >= 11 is 1.61. The van der Waals surface area contributed by atoms with Gasteiger partial charge in [0.1, 0.15) is 11.5 Å². The number of aromatic nitrogens is 2. The van der Waals surface area contributed by atoms with Crippen LogP contribution < -0.4 is 22.3 Å². The maximum Gasteiger partial charge on any atom is 0.330 e. The average molecular weight is 342 g/mol. The molecule has 0 aliphatic carbocycles. The molecule has 0 saturated carbocycles. The maximum absolute atomic E-state index is 12.1. The van der Waals surface area contributed by atoms with Crippen molar-refractivity contribution in [3.63, 3.8) is 0 Å². The van der Waals surface area contributed by atoms with Crippen LogP contribution in [0.25, 0.3) is 0 Å². The smallest absolute Gasteiger partial charge is 0.330 e. The van der Waals surface area contributed by atoms with Crippen LogP contribution in [0.15, 0.2) is 51.4 Å². The van der Waals surface area contributed by atoms with Crippen LogP contribution in [-0.4, -0.2) is 9.55 Å². The Kier molecular flexibility index (Phi) is 4.52. The number of aromatic amines is 1. The van der Waals surface area contributed by atoms with E-state index in [4.69, 9.17) is 5.73 Å². The number of hydrogen-bond acceptors (Lipinski definition) is 5. The fourth-order valence-corrected chi connectivity index (χ4v) is 3.28. The van der Waals surface area contributed by atoms with Crippen LogP contribution in [0, 0.1) is 6.92 Å². The average Bonchev–Trinajstić information content (AvgIpc) is 2.97. The van der Waals surface area contributed by atoms with Crippen LogP contribution in [0.5, 0.6) is 0 Å². The SMILES string of the molecule is Cc1ccsc1CNc1c(N)n(Cc2ccccc2)c(=O)[nH]c1=O. The first-order valence-corrected chi connectivity index (χ1v) is 8.37. The Balaban J connectivity index is 1.92. The van der Waals surface area contributed by atoms with Crippen molar-refractivity contribution in [1.29, 1.82) is 0 Å². The minimum absolute atomic E-state index is 0.141. The molecule has 0 bridgehead atoms. The Bertz CT molecular complexity index is 957. The minimum Gasteiger partial charge on any atom is -0.383 e. The van der Waals surface area contributed by atoms with Gasteiger partial charge in [0.15, 0.2) is 0 Å². The Morgan fingerprint density at radius 3 is 2.62 bits per heavy atom. The summed E-state index contributed by atoms with van der Waals surface area (Å²) in [5, 5.41) is 5.06. The minimum atomic E-state index is -0.515. The van der Waals surface area contributed by atoms with E-state index in [1.165, 1.54) is 4.57 Å². The van der Waals surface area contributed by atoms with Gasteiger partial charge in [0.2, 0.25) is 0 Å². The van der Waals surface area contributed by atoms with Gasteiger partial charge in [-0.25, -0.2) is 4.79 Å². The lowest BCUT2D eigenvalue weighted by Gasteiger charge is -2.14. The highest BCUT2D eigenvalue weighted by molar-refractivity contribution is 7.10. The fraction of sp³-hybridized carbons (Fsp3) is 0.176. The number of aryl methyl sites for hydroxylation is 1. The second kappa shape index (κ2) is 6.76. The number of anilines is 2. The first-order valence-electron chi connectivity index (χ1n) is 7.49. The van der Waals surface area contributed by atoms with Gasteiger partial charge < -0.3 is 11.1 Å². The number of nitrogens with one attached hydrogen (secondary N) is 2. The van der Waals surface area contributed by atoms with Crippen LogP contribution >= 0.6 is 11.3 Å². The van der Waals surface area contributed by atoms with Crippen LogP contribution in [0.2, 0.25) is 0 Å². The molecule has 6 nitrogen and oxygen atoms in total. The number of nitrogens with zero attached hydrogens (tertiary/aromatic N) is 1. The van der Waals surface area contributed by atoms with E-state index < -0.39 is 11.2 Å². The van der Waals surface area contributed by atoms with Gasteiger partial charge in [0, 0.05) is 11.4 Å². The van der Waals surface area contributed by atoms with Gasteiger partial charge >= 0.3 is 5.69 Å². The number of rotatable bonds is 5. The maximum atomic E-state index is 12.1. The van der Waals surface area contributed by atoms with E-state index in [-0.39, 0.29) is 11.5 Å². The molecule has 0 spiro atoms. The number of hydrogen-bond donors (Lipinski definition) is 3. The van der Waals surface area contributed by atoms with Gasteiger partial charge in [-0.15, -0.1) is 11.3 Å². The molecule has 0 atom stereocenters. The topological polar surface area (TPSA) is 92.9 Å². The van der Waals surface area contributed by atoms with Crippen molar-refractivity contribution in [2.75, 3.05) is 11.1 Å². The fourth-order valence-electron chi connectivity index (χ4n) is 2.44. The summed E-state index contributed by atoms with van der Waals surface area (Å²) in [6, 6.07) is 11.5. The van der Waals surface area contributed by atoms with E-state index in [9.17, 15) is 9.59 Å². The van der Waals surface area contributed by atoms with Gasteiger partial charge in [0.05, 0.1) is 6.54 Å². The first-order chi connectivity index (χ1) is 11.6. The molecule has 124 valence electrons. The summed E-state index contributed by atoms with van der Waals surface area (Å²) in [6.07, 6.45) is 0. The molecule has 2 aromatic heterocycles. The van der Waals surface area contributed by atoms with Gasteiger partial charge in [0.25, 0.3) is 5.56 Å². The first kappa shape index (κ1) is 16.1. The molecule has 0 aliphatic rings. The molecule has 0 saturated heterocycles. The monoisotopic (exact) mass is 342 g/mol. The normalized spacial score (nSPS) is 10.7. The highest BCUT2D eigenvalue weighted by atomic mass is 32.1. The summed E-state index contributed by atoms with van der Waals surface area (Å²) < 4.78 is 1.36. The van der Waals surface area contributed by atoms with Gasteiger partial charge in [-0.1, -0.05) is 30.3 Å². The summed E-state index contributed by atoms with van der Waals surface area (Å²) in [6.45, 7) is 2.80. The summed E-state index contributed by atoms with van der Waals surface area (Å²) in [7, 11) is 0. The molecule has 4 N–H and O–H groups in total. The zero-order valence-corrected chi connectivity index (χ0v) is 14.0. The summed E-state index contributed by atoms with van der Waals surface area (Å²) in [5.41, 5.74) is 7.38. The van der Waals surface area contributed by atoms with Crippen molar-refractivity contribution in [1.82, 2.24) is 9.55 Å². The lowest BCUT2D eigenvalue weighted by molar-refractivity contribution is 0.733. The zero-order valence-electron chi connectivity index (χ0n) is 13.2. The molecule has 24 heavy (non-hydrogen) atoms. The second-order valence-electron chi connectivity index (χ2n) is 5.47. The molecule has 2 heterocycles. The van der Waals surface area contributed by atoms with E-state index in [0.29, 0.717) is 13.1 Å². The largest absolute Gasteiger partial charge is 0.383 e. The number of nitrogens with two attached hydrogens (primary N) is 1. The van der Waals surface area contributed by atoms with Crippen molar-refractivity contribution in [2.45, 2.75) is 20.0 Å². The molecule has 0 unspecified atom stereocenters. The lowest BCUT2D eigenvalue weighted by Crippen LogP contribution is -2.34. The quantitative estimate of drug-likeness (QED) is 0.662. The molecule has 0 aliphatic heterocycles. The summed E-state index contributed by atoms with van der Waals surface area (Å²) in [5.74, 6) is 0.141. The van der Waals surface area contributed by atoms with Crippen molar-refractivity contribution in [3.05, 3.63) is 78.6 Å². The molecule has 3 rings (SSSR count). The molecule has 0 radical (unpaired) electrons. The van der Waals surface area contributed by atoms with E-state index in [0.717, 1.165) is 16.0 Å². The lowest BCUT2D eigenvalue weighted by atomic mass is 10.2. The van der Waals surface area contributed by atoms with Crippen molar-refractivity contribution in [3.8, 4) is 0 Å². The predicted octanol–water partition coefficient (Wildman–Crippen LogP) is 2.15. The standard InChI is InChI=1S/C17H18N4O2S/c1-11-7-8-24-13(11)9-19-14-15(18)21(17(23)20-16(14)22)10-12-5-3-2-4-6-12/h2-8,19H,9-10,18H2,1H3,(H,20,22,23). The van der Waals surface area contributed by atoms with Crippen molar-refractivity contribution in [2.24, 2.45) is 0 Å². The summed E-state index contributed by atoms with van der Waals surface area (Å²) in [4.78, 5) is 27.7. The van der Waals surface area contributed by atoms with Gasteiger partial charge in [-0.3, -0.25) is 14.3 Å². The van der Waals surface area contributed by atoms with Crippen LogP contribution in [-0.2, 0) is 13.1 Å². The van der Waals surface area contributed by atoms with E-state index in [2.05, 4.69) is 10.3 Å². The Morgan fingerprint density at radius 2 is 1.96 bits per heavy atom. The highest BCUT2D eigenvalue weighted by Gasteiger charge is 2.13. The third-order valence-electron chi connectivity index (χ3n) is 3.82. The molecule has 3 aromatic rings. The van der Waals surface area contributed by atoms with Gasteiger partial charge in [-0.2, -0.15) is 0 Å². The van der Waals surface area contributed by atoms with Crippen molar-refractivity contribution >= 4 is 22.8 Å². The van der Waals surface area contributed by atoms with Crippen LogP contribution in [0.4, 0.5) is 11.5 Å². The highest BCUT2D eigenvalue weighted by Crippen LogP contribution is 2.18. The Hall–Kier alpha value is -2.80. The molecule has 0 amide bonds. The van der Waals surface area contributed by atoms with E-state index in [1.807, 2.05) is 48.7 Å². The molecular weight excluding hydrogens is 324 g/mol. The van der Waals surface area contributed by atoms with Crippen LogP contribution in [0.1, 0.15) is 16.0 Å². The van der Waals surface area contributed by atoms with E-state index in [1.54, 1.807) is 11.3 Å². The molecule has 1 aromatic carbocycles. The van der Waals surface area contributed by atoms with Crippen LogP contribution in [0.3, 0.4) is 0 Å². The van der Waals surface area contributed by atoms with E-state index >= 15 is 0 Å². The third-order valence-corrected chi connectivity index (χ3v) is 4.84. The molecular formula is C17H18N4O2S. The Morgan fingerprint density at radius 1 is 1.21 bits per heavy atom.